The summed E-state index contributed by atoms with van der Waals surface area (Å²) in [5, 5.41) is 16.0. The predicted octanol–water partition coefficient (Wildman–Crippen LogP) is 2.26. The molecule has 8 nitrogen and oxygen atoms in total. The van der Waals surface area contributed by atoms with E-state index in [1.54, 1.807) is 0 Å². The first-order valence-electron chi connectivity index (χ1n) is 6.47. The summed E-state index contributed by atoms with van der Waals surface area (Å²) < 4.78 is 6.95. The van der Waals surface area contributed by atoms with Crippen molar-refractivity contribution in [3.05, 3.63) is 52.3 Å². The summed E-state index contributed by atoms with van der Waals surface area (Å²) in [4.78, 5) is 22.1. The molecule has 0 saturated heterocycles. The van der Waals surface area contributed by atoms with Gasteiger partial charge in [0.1, 0.15) is 5.75 Å². The van der Waals surface area contributed by atoms with E-state index >= 15 is 0 Å². The highest BCUT2D eigenvalue weighted by molar-refractivity contribution is 5.91. The molecule has 0 aliphatic rings. The Bertz CT molecular complexity index is 696. The fraction of sp³-hybridized carbons (Fsp3) is 0.214. The van der Waals surface area contributed by atoms with E-state index < -0.39 is 11.0 Å². The van der Waals surface area contributed by atoms with Crippen molar-refractivity contribution in [2.45, 2.75) is 6.54 Å². The Balaban J connectivity index is 2.03. The van der Waals surface area contributed by atoms with Gasteiger partial charge in [-0.15, -0.1) is 0 Å². The number of carbonyl (C=O) groups excluding carboxylic acids is 1. The second-order valence-corrected chi connectivity index (χ2v) is 4.63. The van der Waals surface area contributed by atoms with Gasteiger partial charge in [0.05, 0.1) is 17.7 Å². The first-order chi connectivity index (χ1) is 10.5. The summed E-state index contributed by atoms with van der Waals surface area (Å²) in [5.41, 5.74) is 1.06. The topological polar surface area (TPSA) is 98.4 Å². The summed E-state index contributed by atoms with van der Waals surface area (Å²) in [5.74, 6) is 0.348. The number of hydrogen-bond acceptors (Lipinski definition) is 4. The van der Waals surface area contributed by atoms with Crippen LogP contribution in [-0.2, 0) is 13.6 Å². The molecule has 2 aromatic rings. The molecular weight excluding hydrogens is 288 g/mol. The lowest BCUT2D eigenvalue weighted by atomic mass is 10.2. The van der Waals surface area contributed by atoms with Crippen LogP contribution in [0.15, 0.2) is 36.7 Å². The first kappa shape index (κ1) is 15.4. The Hall–Kier alpha value is -3.03. The largest absolute Gasteiger partial charge is 0.495 e. The fourth-order valence-corrected chi connectivity index (χ4v) is 1.92. The Morgan fingerprint density at radius 1 is 1.41 bits per heavy atom. The standard InChI is InChI=1S/C14H16N4O4/c1-17-6-5-10(9-17)8-15-14(19)16-12-7-11(18(20)21)3-4-13(12)22-2/h3-7,9H,8H2,1-2H3,(H2,15,16,19). The number of hydrogen-bond donors (Lipinski definition) is 2. The van der Waals surface area contributed by atoms with Crippen LogP contribution < -0.4 is 15.4 Å². The fourth-order valence-electron chi connectivity index (χ4n) is 1.92. The van der Waals surface area contributed by atoms with E-state index in [2.05, 4.69) is 10.6 Å². The Kier molecular flexibility index (Phi) is 4.62. The third-order valence-electron chi connectivity index (χ3n) is 2.99. The Morgan fingerprint density at radius 2 is 2.18 bits per heavy atom. The molecule has 0 aliphatic carbocycles. The van der Waals surface area contributed by atoms with Crippen molar-refractivity contribution in [1.82, 2.24) is 9.88 Å². The number of aryl methyl sites for hydroxylation is 1. The number of carbonyl (C=O) groups is 1. The summed E-state index contributed by atoms with van der Waals surface area (Å²) in [6.07, 6.45) is 3.76. The maximum absolute atomic E-state index is 11.9. The van der Waals surface area contributed by atoms with Gasteiger partial charge in [0.25, 0.3) is 5.69 Å². The summed E-state index contributed by atoms with van der Waals surface area (Å²) >= 11 is 0. The van der Waals surface area contributed by atoms with Crippen LogP contribution in [-0.4, -0.2) is 22.6 Å². The van der Waals surface area contributed by atoms with Gasteiger partial charge in [0.2, 0.25) is 0 Å². The molecule has 2 N–H and O–H groups in total. The third kappa shape index (κ3) is 3.75. The van der Waals surface area contributed by atoms with Gasteiger partial charge in [0, 0.05) is 38.1 Å². The molecule has 1 heterocycles. The highest BCUT2D eigenvalue weighted by Crippen LogP contribution is 2.28. The van der Waals surface area contributed by atoms with E-state index in [-0.39, 0.29) is 11.4 Å². The number of nitrogens with zero attached hydrogens (tertiary/aromatic N) is 2. The van der Waals surface area contributed by atoms with E-state index in [0.717, 1.165) is 5.56 Å². The minimum absolute atomic E-state index is 0.126. The SMILES string of the molecule is COc1ccc([N+](=O)[O-])cc1NC(=O)NCc1ccn(C)c1. The second kappa shape index (κ2) is 6.61. The van der Waals surface area contributed by atoms with E-state index in [1.807, 2.05) is 30.1 Å². The van der Waals surface area contributed by atoms with Gasteiger partial charge >= 0.3 is 6.03 Å². The normalized spacial score (nSPS) is 10.1. The molecule has 0 fully saturated rings. The van der Waals surface area contributed by atoms with Crippen molar-refractivity contribution in [2.24, 2.45) is 7.05 Å². The molecule has 0 saturated carbocycles. The van der Waals surface area contributed by atoms with Crippen LogP contribution in [0, 0.1) is 10.1 Å². The summed E-state index contributed by atoms with van der Waals surface area (Å²) in [6, 6.07) is 5.41. The van der Waals surface area contributed by atoms with Crippen molar-refractivity contribution in [3.63, 3.8) is 0 Å². The number of amides is 2. The molecule has 0 radical (unpaired) electrons. The molecule has 0 aliphatic heterocycles. The van der Waals surface area contributed by atoms with Gasteiger partial charge in [0.15, 0.2) is 0 Å². The average Bonchev–Trinajstić information content (AvgIpc) is 2.90. The molecule has 2 amide bonds. The molecule has 22 heavy (non-hydrogen) atoms. The third-order valence-corrected chi connectivity index (χ3v) is 2.99. The summed E-state index contributed by atoms with van der Waals surface area (Å²) in [7, 11) is 3.31. The van der Waals surface area contributed by atoms with Crippen molar-refractivity contribution >= 4 is 17.4 Å². The van der Waals surface area contributed by atoms with Crippen LogP contribution in [0.1, 0.15) is 5.56 Å². The Labute approximate surface area is 126 Å². The highest BCUT2D eigenvalue weighted by Gasteiger charge is 2.13. The molecule has 0 spiro atoms. The zero-order valence-corrected chi connectivity index (χ0v) is 12.2. The van der Waals surface area contributed by atoms with Crippen molar-refractivity contribution in [1.29, 1.82) is 0 Å². The maximum Gasteiger partial charge on any atom is 0.319 e. The number of methoxy groups -OCH3 is 1. The minimum atomic E-state index is -0.535. The van der Waals surface area contributed by atoms with Crippen LogP contribution in [0.5, 0.6) is 5.75 Å². The van der Waals surface area contributed by atoms with E-state index in [1.165, 1.54) is 25.3 Å². The van der Waals surface area contributed by atoms with Crippen LogP contribution in [0.25, 0.3) is 0 Å². The second-order valence-electron chi connectivity index (χ2n) is 4.63. The zero-order valence-electron chi connectivity index (χ0n) is 12.2. The van der Waals surface area contributed by atoms with E-state index in [9.17, 15) is 14.9 Å². The van der Waals surface area contributed by atoms with Gasteiger partial charge in [-0.1, -0.05) is 0 Å². The number of ether oxygens (including phenoxy) is 1. The first-order valence-corrected chi connectivity index (χ1v) is 6.47. The van der Waals surface area contributed by atoms with E-state index in [4.69, 9.17) is 4.74 Å². The lowest BCUT2D eigenvalue weighted by molar-refractivity contribution is -0.384. The number of nitro groups is 1. The maximum atomic E-state index is 11.9. The molecule has 8 heteroatoms. The average molecular weight is 304 g/mol. The number of aromatic nitrogens is 1. The molecule has 0 unspecified atom stereocenters. The van der Waals surface area contributed by atoms with Gasteiger partial charge in [-0.3, -0.25) is 10.1 Å². The molecule has 1 aromatic carbocycles. The monoisotopic (exact) mass is 304 g/mol. The molecule has 2 rings (SSSR count). The van der Waals surface area contributed by atoms with E-state index in [0.29, 0.717) is 12.3 Å². The lowest BCUT2D eigenvalue weighted by Gasteiger charge is -2.10. The number of nitrogens with one attached hydrogen (secondary N) is 2. The molecule has 0 atom stereocenters. The van der Waals surface area contributed by atoms with Crippen LogP contribution >= 0.6 is 0 Å². The molecule has 0 bridgehead atoms. The lowest BCUT2D eigenvalue weighted by Crippen LogP contribution is -2.28. The number of anilines is 1. The predicted molar refractivity (Wildman–Crippen MR) is 80.9 cm³/mol. The van der Waals surface area contributed by atoms with Gasteiger partial charge < -0.3 is 19.9 Å². The Morgan fingerprint density at radius 3 is 2.77 bits per heavy atom. The minimum Gasteiger partial charge on any atom is -0.495 e. The van der Waals surface area contributed by atoms with Crippen molar-refractivity contribution in [2.75, 3.05) is 12.4 Å². The number of benzene rings is 1. The quantitative estimate of drug-likeness (QED) is 0.654. The zero-order chi connectivity index (χ0) is 16.1. The number of urea groups is 1. The number of rotatable bonds is 5. The molecule has 116 valence electrons. The van der Waals surface area contributed by atoms with Gasteiger partial charge in [-0.25, -0.2) is 4.79 Å². The molecule has 1 aromatic heterocycles. The smallest absolute Gasteiger partial charge is 0.319 e. The van der Waals surface area contributed by atoms with Crippen molar-refractivity contribution in [3.8, 4) is 5.75 Å². The highest BCUT2D eigenvalue weighted by atomic mass is 16.6. The van der Waals surface area contributed by atoms with Gasteiger partial charge in [-0.2, -0.15) is 0 Å². The van der Waals surface area contributed by atoms with Crippen molar-refractivity contribution < 1.29 is 14.5 Å². The number of nitro benzene ring substituents is 1. The summed E-state index contributed by atoms with van der Waals surface area (Å²) in [6.45, 7) is 0.351. The van der Waals surface area contributed by atoms with Gasteiger partial charge in [-0.05, 0) is 17.7 Å². The molecular formula is C14H16N4O4. The van der Waals surface area contributed by atoms with Crippen LogP contribution in [0.4, 0.5) is 16.2 Å². The number of non-ortho nitro benzene ring substituents is 1. The van der Waals surface area contributed by atoms with Crippen LogP contribution in [0.2, 0.25) is 0 Å². The van der Waals surface area contributed by atoms with Crippen LogP contribution in [0.3, 0.4) is 0 Å².